The summed E-state index contributed by atoms with van der Waals surface area (Å²) in [6.07, 6.45) is -4.92. The number of nitrogens with two attached hydrogens (primary N) is 1. The van der Waals surface area contributed by atoms with Crippen LogP contribution in [0.1, 0.15) is 28.4 Å². The van der Waals surface area contributed by atoms with E-state index in [1.165, 1.54) is 6.92 Å². The first kappa shape index (κ1) is 23.5. The molecule has 2 rings (SSSR count). The van der Waals surface area contributed by atoms with Crippen LogP contribution in [0.25, 0.3) is 0 Å². The fourth-order valence-corrected chi connectivity index (χ4v) is 2.47. The molecule has 0 heterocycles. The van der Waals surface area contributed by atoms with Crippen LogP contribution < -0.4 is 11.1 Å². The topological polar surface area (TPSA) is 75.4 Å². The molecule has 0 aromatic heterocycles. The number of carbonyl (C=O) groups excluding carboxylic acids is 2. The Hall–Kier alpha value is -2.58. The number of hydrogen-bond donors (Lipinski definition) is 2. The minimum Gasteiger partial charge on any atom is -0.331 e. The first-order valence-electron chi connectivity index (χ1n) is 8.30. The van der Waals surface area contributed by atoms with Gasteiger partial charge in [0.05, 0.1) is 0 Å². The molecule has 9 heteroatoms. The number of amides is 2. The molecule has 0 spiro atoms. The van der Waals surface area contributed by atoms with Crippen LogP contribution >= 0.6 is 12.4 Å². The van der Waals surface area contributed by atoms with E-state index in [9.17, 15) is 22.8 Å². The Kier molecular flexibility index (Phi) is 8.46. The highest BCUT2D eigenvalue weighted by Crippen LogP contribution is 2.21. The summed E-state index contributed by atoms with van der Waals surface area (Å²) >= 11 is 0. The summed E-state index contributed by atoms with van der Waals surface area (Å²) in [4.78, 5) is 24.4. The summed E-state index contributed by atoms with van der Waals surface area (Å²) in [6.45, 7) is 1.56. The van der Waals surface area contributed by atoms with Gasteiger partial charge in [-0.25, -0.2) is 0 Å². The lowest BCUT2D eigenvalue weighted by molar-refractivity contribution is -0.185. The van der Waals surface area contributed by atoms with E-state index in [1.807, 2.05) is 0 Å². The van der Waals surface area contributed by atoms with Gasteiger partial charge in [0, 0.05) is 30.9 Å². The number of carbonyl (C=O) groups is 2. The van der Waals surface area contributed by atoms with Crippen molar-refractivity contribution in [2.45, 2.75) is 26.2 Å². The van der Waals surface area contributed by atoms with Crippen molar-refractivity contribution in [3.8, 4) is 0 Å². The molecule has 0 saturated heterocycles. The molecule has 28 heavy (non-hydrogen) atoms. The Bertz CT molecular complexity index is 811. The smallest absolute Gasteiger partial charge is 0.331 e. The van der Waals surface area contributed by atoms with E-state index < -0.39 is 12.1 Å². The zero-order chi connectivity index (χ0) is 20.0. The maximum absolute atomic E-state index is 12.6. The second kappa shape index (κ2) is 10.1. The molecule has 0 unspecified atom stereocenters. The number of rotatable bonds is 6. The average molecular weight is 416 g/mol. The van der Waals surface area contributed by atoms with Crippen LogP contribution in [0.3, 0.4) is 0 Å². The molecule has 0 aliphatic rings. The Labute approximate surface area is 167 Å². The Morgan fingerprint density at radius 2 is 1.71 bits per heavy atom. The summed E-state index contributed by atoms with van der Waals surface area (Å²) in [5, 5.41) is 2.69. The molecule has 152 valence electrons. The van der Waals surface area contributed by atoms with Gasteiger partial charge in [0.2, 0.25) is 0 Å². The molecule has 2 aromatic rings. The van der Waals surface area contributed by atoms with E-state index in [2.05, 4.69) is 5.32 Å². The van der Waals surface area contributed by atoms with E-state index in [0.717, 1.165) is 5.56 Å². The van der Waals surface area contributed by atoms with Gasteiger partial charge in [-0.05, 0) is 42.3 Å². The molecule has 0 saturated carbocycles. The van der Waals surface area contributed by atoms with Crippen LogP contribution in [0.2, 0.25) is 0 Å². The minimum absolute atomic E-state index is 0. The van der Waals surface area contributed by atoms with Gasteiger partial charge in [0.25, 0.3) is 5.91 Å². The number of nitrogens with one attached hydrogen (secondary N) is 1. The minimum atomic E-state index is -4.92. The maximum Gasteiger partial charge on any atom is 0.471 e. The molecule has 0 atom stereocenters. The van der Waals surface area contributed by atoms with Crippen LogP contribution in [0.5, 0.6) is 0 Å². The second-order valence-electron chi connectivity index (χ2n) is 5.87. The Balaban J connectivity index is 0.00000392. The lowest BCUT2D eigenvalue weighted by Crippen LogP contribution is -2.40. The van der Waals surface area contributed by atoms with Gasteiger partial charge in [0.15, 0.2) is 0 Å². The average Bonchev–Trinajstić information content (AvgIpc) is 2.65. The molecule has 2 amide bonds. The molecule has 5 nitrogen and oxygen atoms in total. The van der Waals surface area contributed by atoms with Crippen molar-refractivity contribution in [2.75, 3.05) is 11.9 Å². The zero-order valence-electron chi connectivity index (χ0n) is 15.1. The quantitative estimate of drug-likeness (QED) is 0.754. The molecule has 0 aliphatic heterocycles. The lowest BCUT2D eigenvalue weighted by atomic mass is 10.1. The molecule has 0 radical (unpaired) electrons. The van der Waals surface area contributed by atoms with Crippen molar-refractivity contribution in [3.05, 3.63) is 65.2 Å². The first-order valence-corrected chi connectivity index (χ1v) is 8.30. The molecule has 0 fully saturated rings. The van der Waals surface area contributed by atoms with E-state index in [-0.39, 0.29) is 31.4 Å². The van der Waals surface area contributed by atoms with Crippen LogP contribution in [-0.2, 0) is 17.9 Å². The van der Waals surface area contributed by atoms with Crippen LogP contribution in [0, 0.1) is 0 Å². The van der Waals surface area contributed by atoms with E-state index in [4.69, 9.17) is 5.73 Å². The predicted molar refractivity (Wildman–Crippen MR) is 103 cm³/mol. The maximum atomic E-state index is 12.6. The fourth-order valence-electron chi connectivity index (χ4n) is 2.47. The molecule has 0 bridgehead atoms. The Morgan fingerprint density at radius 1 is 1.07 bits per heavy atom. The summed E-state index contributed by atoms with van der Waals surface area (Å²) in [5.41, 5.74) is 7.74. The number of nitrogens with zero attached hydrogens (tertiary/aromatic N) is 1. The normalized spacial score (nSPS) is 10.8. The van der Waals surface area contributed by atoms with Gasteiger partial charge in [-0.3, -0.25) is 9.59 Å². The number of benzene rings is 2. The third-order valence-electron chi connectivity index (χ3n) is 3.92. The van der Waals surface area contributed by atoms with Gasteiger partial charge in [-0.15, -0.1) is 12.4 Å². The summed E-state index contributed by atoms with van der Waals surface area (Å²) in [7, 11) is 0. The molecule has 0 aliphatic carbocycles. The first-order chi connectivity index (χ1) is 12.7. The van der Waals surface area contributed by atoms with Crippen molar-refractivity contribution in [1.82, 2.24) is 4.90 Å². The van der Waals surface area contributed by atoms with Gasteiger partial charge >= 0.3 is 12.1 Å². The Morgan fingerprint density at radius 3 is 2.25 bits per heavy atom. The van der Waals surface area contributed by atoms with Gasteiger partial charge < -0.3 is 16.0 Å². The molecule has 3 N–H and O–H groups in total. The monoisotopic (exact) mass is 415 g/mol. The SMILES string of the molecule is CCN(Cc1cccc(NC(=O)c2ccc(CN)cc2)c1)C(=O)C(F)(F)F.Cl. The highest BCUT2D eigenvalue weighted by molar-refractivity contribution is 6.04. The third-order valence-corrected chi connectivity index (χ3v) is 3.92. The number of alkyl halides is 3. The van der Waals surface area contributed by atoms with Gasteiger partial charge in [-0.2, -0.15) is 13.2 Å². The van der Waals surface area contributed by atoms with Gasteiger partial charge in [-0.1, -0.05) is 24.3 Å². The predicted octanol–water partition coefficient (Wildman–Crippen LogP) is 3.73. The van der Waals surface area contributed by atoms with Gasteiger partial charge in [0.1, 0.15) is 0 Å². The molecular formula is C19H21ClF3N3O2. The van der Waals surface area contributed by atoms with Crippen LogP contribution in [-0.4, -0.2) is 29.4 Å². The van der Waals surface area contributed by atoms with E-state index >= 15 is 0 Å². The number of hydrogen-bond acceptors (Lipinski definition) is 3. The number of anilines is 1. The van der Waals surface area contributed by atoms with Crippen molar-refractivity contribution in [1.29, 1.82) is 0 Å². The summed E-state index contributed by atoms with van der Waals surface area (Å²) in [6, 6.07) is 13.1. The summed E-state index contributed by atoms with van der Waals surface area (Å²) < 4.78 is 37.9. The highest BCUT2D eigenvalue weighted by Gasteiger charge is 2.41. The molecular weight excluding hydrogens is 395 g/mol. The summed E-state index contributed by atoms with van der Waals surface area (Å²) in [5.74, 6) is -2.24. The van der Waals surface area contributed by atoms with Crippen LogP contribution in [0.15, 0.2) is 48.5 Å². The zero-order valence-corrected chi connectivity index (χ0v) is 15.9. The highest BCUT2D eigenvalue weighted by atomic mass is 35.5. The third kappa shape index (κ3) is 6.24. The lowest BCUT2D eigenvalue weighted by Gasteiger charge is -2.22. The molecule has 2 aromatic carbocycles. The van der Waals surface area contributed by atoms with Crippen LogP contribution in [0.4, 0.5) is 18.9 Å². The standard InChI is InChI=1S/C19H20F3N3O2.ClH/c1-2-25(18(27)19(20,21)22)12-14-4-3-5-16(10-14)24-17(26)15-8-6-13(11-23)7-9-15;/h3-10H,2,11-12,23H2,1H3,(H,24,26);1H. The van der Waals surface area contributed by atoms with Crippen molar-refractivity contribution in [2.24, 2.45) is 5.73 Å². The number of halogens is 4. The largest absolute Gasteiger partial charge is 0.471 e. The second-order valence-corrected chi connectivity index (χ2v) is 5.87. The fraction of sp³-hybridized carbons (Fsp3) is 0.263. The van der Waals surface area contributed by atoms with Crippen molar-refractivity contribution in [3.63, 3.8) is 0 Å². The van der Waals surface area contributed by atoms with E-state index in [0.29, 0.717) is 28.3 Å². The van der Waals surface area contributed by atoms with Crippen molar-refractivity contribution < 1.29 is 22.8 Å². The van der Waals surface area contributed by atoms with Crippen molar-refractivity contribution >= 4 is 29.9 Å². The van der Waals surface area contributed by atoms with E-state index in [1.54, 1.807) is 48.5 Å².